The summed E-state index contributed by atoms with van der Waals surface area (Å²) in [6, 6.07) is 39.3. The Balaban J connectivity index is 0.000000151. The van der Waals surface area contributed by atoms with Gasteiger partial charge in [0.25, 0.3) is 0 Å². The van der Waals surface area contributed by atoms with Gasteiger partial charge >= 0.3 is 5.97 Å². The average Bonchev–Trinajstić information content (AvgIpc) is 3.43. The van der Waals surface area contributed by atoms with E-state index >= 15 is 0 Å². The lowest BCUT2D eigenvalue weighted by Crippen LogP contribution is -2.36. The highest BCUT2D eigenvalue weighted by Gasteiger charge is 2.53. The lowest BCUT2D eigenvalue weighted by Gasteiger charge is -2.36. The van der Waals surface area contributed by atoms with E-state index in [1.54, 1.807) is 29.4 Å². The Labute approximate surface area is 304 Å². The predicted molar refractivity (Wildman–Crippen MR) is 205 cm³/mol. The maximum atomic E-state index is 12.5. The highest BCUT2D eigenvalue weighted by Crippen LogP contribution is 2.56. The van der Waals surface area contributed by atoms with Crippen molar-refractivity contribution in [2.45, 2.75) is 19.1 Å². The van der Waals surface area contributed by atoms with Gasteiger partial charge in [-0.05, 0) is 85.9 Å². The number of nitrogens with zero attached hydrogens (tertiary/aromatic N) is 1. The lowest BCUT2D eigenvalue weighted by atomic mass is 9.77. The monoisotopic (exact) mass is 705 g/mol. The van der Waals surface area contributed by atoms with Crippen molar-refractivity contribution in [1.82, 2.24) is 0 Å². The molecule has 2 aliphatic heterocycles. The highest BCUT2D eigenvalue weighted by molar-refractivity contribution is 7.78. The molecule has 7 aromatic rings. The van der Waals surface area contributed by atoms with Gasteiger partial charge in [0.2, 0.25) is 11.2 Å². The Morgan fingerprint density at radius 3 is 1.94 bits per heavy atom. The van der Waals surface area contributed by atoms with Crippen LogP contribution in [0.25, 0.3) is 32.9 Å². The number of fused-ring (bicyclic) bond motifs is 9. The summed E-state index contributed by atoms with van der Waals surface area (Å²) < 4.78 is 14.1. The zero-order valence-corrected chi connectivity index (χ0v) is 28.8. The van der Waals surface area contributed by atoms with Gasteiger partial charge in [-0.25, -0.2) is 10.2 Å². The lowest BCUT2D eigenvalue weighted by molar-refractivity contribution is -0.655. The van der Waals surface area contributed by atoms with Gasteiger partial charge in [-0.15, -0.1) is 0 Å². The van der Waals surface area contributed by atoms with Crippen molar-refractivity contribution in [2.75, 3.05) is 11.5 Å². The van der Waals surface area contributed by atoms with Gasteiger partial charge in [0.15, 0.2) is 5.60 Å². The van der Waals surface area contributed by atoms with Crippen LogP contribution >= 0.6 is 12.2 Å². The van der Waals surface area contributed by atoms with Gasteiger partial charge in [0, 0.05) is 57.2 Å². The molecule has 1 spiro atoms. The molecule has 7 N–H and O–H groups in total. The number of carbonyl (C=O) groups excluding carboxylic acids is 1. The molecular weight excluding hydrogens is 673 g/mol. The van der Waals surface area contributed by atoms with Crippen LogP contribution in [0.4, 0.5) is 11.4 Å². The minimum atomic E-state index is -1.17. The molecule has 0 saturated heterocycles. The Morgan fingerprint density at radius 1 is 0.731 bits per heavy atom. The number of isothiocyanates is 1. The number of esters is 1. The van der Waals surface area contributed by atoms with Gasteiger partial charge in [0.1, 0.15) is 29.5 Å². The van der Waals surface area contributed by atoms with Crippen LogP contribution in [0.5, 0.6) is 23.0 Å². The summed E-state index contributed by atoms with van der Waals surface area (Å²) in [6.45, 7) is 3.02. The molecule has 2 aliphatic rings. The van der Waals surface area contributed by atoms with Crippen LogP contribution in [0.2, 0.25) is 0 Å². The zero-order chi connectivity index (χ0) is 36.6. The van der Waals surface area contributed by atoms with Crippen molar-refractivity contribution in [1.29, 1.82) is 5.41 Å². The molecule has 0 radical (unpaired) electrons. The van der Waals surface area contributed by atoms with Crippen LogP contribution in [-0.4, -0.2) is 21.3 Å². The van der Waals surface area contributed by atoms with Crippen LogP contribution in [0.3, 0.4) is 0 Å². The van der Waals surface area contributed by atoms with Crippen LogP contribution in [-0.2, 0) is 16.9 Å². The Morgan fingerprint density at radius 2 is 1.31 bits per heavy atom. The number of aryl methyl sites for hydroxylation is 1. The van der Waals surface area contributed by atoms with Crippen molar-refractivity contribution in [2.24, 2.45) is 0 Å². The van der Waals surface area contributed by atoms with Crippen molar-refractivity contribution >= 4 is 56.4 Å². The van der Waals surface area contributed by atoms with Gasteiger partial charge in [0.05, 0.1) is 21.5 Å². The van der Waals surface area contributed by atoms with Crippen molar-refractivity contribution in [3.8, 4) is 34.3 Å². The van der Waals surface area contributed by atoms with E-state index in [1.807, 2.05) is 30.3 Å². The molecule has 10 heteroatoms. The van der Waals surface area contributed by atoms with E-state index in [0.717, 1.165) is 23.4 Å². The van der Waals surface area contributed by atoms with Crippen LogP contribution < -0.4 is 20.8 Å². The van der Waals surface area contributed by atoms with Crippen molar-refractivity contribution < 1.29 is 29.0 Å². The van der Waals surface area contributed by atoms with E-state index in [4.69, 9.17) is 26.4 Å². The summed E-state index contributed by atoms with van der Waals surface area (Å²) in [7, 11) is 0. The van der Waals surface area contributed by atoms with E-state index in [-0.39, 0.29) is 11.5 Å². The molecule has 0 saturated carbocycles. The SMILES string of the molecule is CC[n+]1c(-c2ccccc2)c2cc(N)ccc2c2ccc(N)cc21.N=C=S.O=C1OC2(c3ccc(O)cc3Oc3cc(O)ccc32)c2ccccc21. The van der Waals surface area contributed by atoms with Gasteiger partial charge in [-0.1, -0.05) is 42.5 Å². The Hall–Kier alpha value is -6.74. The molecule has 0 unspecified atom stereocenters. The normalized spacial score (nSPS) is 12.9. The van der Waals surface area contributed by atoms with E-state index in [0.29, 0.717) is 33.8 Å². The number of nitrogens with two attached hydrogens (primary N) is 2. The summed E-state index contributed by atoms with van der Waals surface area (Å²) in [6.07, 6.45) is 0. The Kier molecular flexibility index (Phi) is 8.78. The van der Waals surface area contributed by atoms with Gasteiger partial charge < -0.3 is 31.2 Å². The topological polar surface area (TPSA) is 156 Å². The second-order valence-electron chi connectivity index (χ2n) is 12.2. The summed E-state index contributed by atoms with van der Waals surface area (Å²) in [5.41, 5.74) is 18.5. The number of anilines is 2. The largest absolute Gasteiger partial charge is 0.508 e. The van der Waals surface area contributed by atoms with E-state index in [1.165, 1.54) is 51.7 Å². The first-order valence-electron chi connectivity index (χ1n) is 16.4. The molecule has 0 atom stereocenters. The summed E-state index contributed by atoms with van der Waals surface area (Å²) >= 11 is 3.81. The number of nitrogens with one attached hydrogen (secondary N) is 1. The number of nitrogen functional groups attached to an aromatic ring is 2. The van der Waals surface area contributed by atoms with Crippen molar-refractivity contribution in [3.05, 3.63) is 150 Å². The minimum absolute atomic E-state index is 0.0371. The van der Waals surface area contributed by atoms with Gasteiger partial charge in [-0.3, -0.25) is 0 Å². The number of phenolic OH excluding ortho intramolecular Hbond substituents is 2. The first-order chi connectivity index (χ1) is 25.2. The maximum absolute atomic E-state index is 12.5. The second-order valence-corrected chi connectivity index (χ2v) is 12.4. The predicted octanol–water partition coefficient (Wildman–Crippen LogP) is 8.47. The maximum Gasteiger partial charge on any atom is 0.340 e. The third kappa shape index (κ3) is 5.62. The molecule has 256 valence electrons. The molecule has 9 rings (SSSR count). The molecule has 0 aliphatic carbocycles. The molecule has 52 heavy (non-hydrogen) atoms. The minimum Gasteiger partial charge on any atom is -0.508 e. The number of aromatic nitrogens is 1. The molecular formula is C42H33N4O5S+. The molecule has 1 aromatic heterocycles. The van der Waals surface area contributed by atoms with E-state index < -0.39 is 11.6 Å². The molecule has 0 fully saturated rings. The van der Waals surface area contributed by atoms with E-state index in [2.05, 4.69) is 72.2 Å². The fourth-order valence-electron chi connectivity index (χ4n) is 7.15. The molecule has 9 nitrogen and oxygen atoms in total. The van der Waals surface area contributed by atoms with Gasteiger partial charge in [-0.2, -0.15) is 4.57 Å². The molecule has 0 bridgehead atoms. The molecule has 6 aromatic carbocycles. The Bertz CT molecular complexity index is 2520. The smallest absolute Gasteiger partial charge is 0.340 e. The summed E-state index contributed by atoms with van der Waals surface area (Å²) in [5.74, 6) is 0.408. The molecule has 3 heterocycles. The average molecular weight is 706 g/mol. The summed E-state index contributed by atoms with van der Waals surface area (Å²) in [5, 5.41) is 30.6. The highest BCUT2D eigenvalue weighted by atomic mass is 32.1. The van der Waals surface area contributed by atoms with Crippen molar-refractivity contribution in [3.63, 3.8) is 0 Å². The number of ether oxygens (including phenoxy) is 2. The van der Waals surface area contributed by atoms with E-state index in [9.17, 15) is 15.0 Å². The van der Waals surface area contributed by atoms with Crippen LogP contribution in [0, 0.1) is 5.41 Å². The summed E-state index contributed by atoms with van der Waals surface area (Å²) in [4.78, 5) is 12.5. The number of thiocarbonyl (C=S) groups is 1. The second kappa shape index (κ2) is 13.5. The fraction of sp³-hybridized carbons (Fsp3) is 0.0714. The number of hydrogen-bond acceptors (Lipinski definition) is 9. The number of benzene rings is 6. The quantitative estimate of drug-likeness (QED) is 0.0300. The number of aromatic hydroxyl groups is 2. The number of hydrogen-bond donors (Lipinski definition) is 5. The molecule has 0 amide bonds. The first kappa shape index (κ1) is 33.7. The number of carbonyl (C=O) groups is 1. The third-order valence-corrected chi connectivity index (χ3v) is 9.22. The van der Waals surface area contributed by atoms with Crippen LogP contribution in [0.1, 0.15) is 34.0 Å². The first-order valence-corrected chi connectivity index (χ1v) is 16.8. The third-order valence-electron chi connectivity index (χ3n) is 9.22. The zero-order valence-electron chi connectivity index (χ0n) is 28.0. The standard InChI is InChI=1S/C21H19N3.C20H12O5.CHNS/c1-2-24-20-13-16(23)9-11-18(20)17-10-8-15(22)12-19(17)21(24)14-6-4-3-5-7-14;21-11-5-7-15-17(9-11)24-18-10-12(22)6-8-16(18)20(15)14-4-2-1-3-13(14)19(23)25-20;2-1-3/h3-13,23H,2,22H2,1H3;1-10,21-22H;2H/p+1. The number of phenols is 2. The fourth-order valence-corrected chi connectivity index (χ4v) is 7.15. The number of rotatable bonds is 2. The van der Waals surface area contributed by atoms with Crippen LogP contribution in [0.15, 0.2) is 127 Å². The number of pyridine rings is 1.